The van der Waals surface area contributed by atoms with Gasteiger partial charge in [-0.1, -0.05) is 19.8 Å². The molecule has 2 aliphatic heterocycles. The lowest BCUT2D eigenvalue weighted by Gasteiger charge is -2.43. The Morgan fingerprint density at radius 3 is 2.58 bits per heavy atom. The van der Waals surface area contributed by atoms with Gasteiger partial charge >= 0.3 is 0 Å². The summed E-state index contributed by atoms with van der Waals surface area (Å²) in [6.07, 6.45) is 6.91. The van der Waals surface area contributed by atoms with Crippen LogP contribution in [0.3, 0.4) is 0 Å². The fourth-order valence-electron chi connectivity index (χ4n) is 6.69. The third-order valence-corrected chi connectivity index (χ3v) is 8.80. The molecule has 2 unspecified atom stereocenters. The maximum atomic E-state index is 13.1. The first-order valence-electron chi connectivity index (χ1n) is 13.8. The largest absolute Gasteiger partial charge is 0.495 e. The van der Waals surface area contributed by atoms with Gasteiger partial charge in [0.1, 0.15) is 17.5 Å². The summed E-state index contributed by atoms with van der Waals surface area (Å²) in [6.45, 7) is 4.15. The number of likely N-dealkylation sites (tertiary alicyclic amines) is 1. The van der Waals surface area contributed by atoms with E-state index in [0.29, 0.717) is 40.8 Å². The molecule has 0 radical (unpaired) electrons. The zero-order valence-corrected chi connectivity index (χ0v) is 22.6. The molecule has 38 heavy (non-hydrogen) atoms. The fraction of sp³-hybridized carbons (Fsp3) is 0.571. The van der Waals surface area contributed by atoms with Crippen LogP contribution in [0, 0.1) is 11.8 Å². The number of carbonyl (C=O) groups excluding carboxylic acids is 2. The summed E-state index contributed by atoms with van der Waals surface area (Å²) < 4.78 is 5.63. The average molecular weight is 520 g/mol. The maximum absolute atomic E-state index is 13.1. The maximum Gasteiger partial charge on any atom is 0.251 e. The van der Waals surface area contributed by atoms with Crippen LogP contribution in [0.4, 0.5) is 23.1 Å². The standard InChI is InChI=1S/C28H37N7O3/c1-5-21-27(37)34(3)22-13-29-28(32-25(22)35(21)17-8-6-7-9-17)30-20-11-10-16(12-23(20)38-4)26(36)31-24-18-14-33(2)15-19(18)24/h10-13,17-19,21,24H,5-9,14-15H2,1-4H3,(H,31,36)(H,29,30,32)/t18?,19?,21-,24?/m1/s1. The van der Waals surface area contributed by atoms with Gasteiger partial charge in [-0.05, 0) is 56.3 Å². The van der Waals surface area contributed by atoms with Gasteiger partial charge in [0.25, 0.3) is 5.91 Å². The van der Waals surface area contributed by atoms with E-state index in [9.17, 15) is 9.59 Å². The highest BCUT2D eigenvalue weighted by molar-refractivity contribution is 6.04. The van der Waals surface area contributed by atoms with E-state index in [-0.39, 0.29) is 23.9 Å². The van der Waals surface area contributed by atoms with Crippen molar-refractivity contribution in [3.8, 4) is 5.75 Å². The molecule has 202 valence electrons. The van der Waals surface area contributed by atoms with Crippen LogP contribution in [0.25, 0.3) is 0 Å². The average Bonchev–Trinajstić information content (AvgIpc) is 3.29. The Hall–Kier alpha value is -3.40. The molecule has 10 heteroatoms. The van der Waals surface area contributed by atoms with Crippen molar-refractivity contribution < 1.29 is 14.3 Å². The summed E-state index contributed by atoms with van der Waals surface area (Å²) in [6, 6.07) is 5.73. The lowest BCUT2D eigenvalue weighted by molar-refractivity contribution is -0.120. The molecule has 3 heterocycles. The van der Waals surface area contributed by atoms with Gasteiger partial charge in [0.2, 0.25) is 11.9 Å². The molecule has 1 aromatic heterocycles. The second-order valence-electron chi connectivity index (χ2n) is 11.2. The van der Waals surface area contributed by atoms with E-state index < -0.39 is 0 Å². The third-order valence-electron chi connectivity index (χ3n) is 8.80. The Morgan fingerprint density at radius 2 is 1.89 bits per heavy atom. The molecule has 3 fully saturated rings. The number of nitrogens with one attached hydrogen (secondary N) is 2. The van der Waals surface area contributed by atoms with E-state index in [1.54, 1.807) is 37.4 Å². The summed E-state index contributed by atoms with van der Waals surface area (Å²) in [4.78, 5) is 41.7. The van der Waals surface area contributed by atoms with Crippen LogP contribution < -0.4 is 25.2 Å². The first-order valence-corrected chi connectivity index (χ1v) is 13.8. The molecule has 0 spiro atoms. The molecule has 1 aromatic carbocycles. The summed E-state index contributed by atoms with van der Waals surface area (Å²) in [5, 5.41) is 6.48. The number of ether oxygens (including phenoxy) is 1. The first kappa shape index (κ1) is 24.9. The highest BCUT2D eigenvalue weighted by Crippen LogP contribution is 2.45. The predicted octanol–water partition coefficient (Wildman–Crippen LogP) is 3.02. The summed E-state index contributed by atoms with van der Waals surface area (Å²) in [7, 11) is 5.51. The molecule has 2 saturated carbocycles. The van der Waals surface area contributed by atoms with Gasteiger partial charge in [0, 0.05) is 37.8 Å². The highest BCUT2D eigenvalue weighted by atomic mass is 16.5. The van der Waals surface area contributed by atoms with Gasteiger partial charge < -0.3 is 30.1 Å². The van der Waals surface area contributed by atoms with Crippen molar-refractivity contribution in [2.24, 2.45) is 11.8 Å². The number of likely N-dealkylation sites (N-methyl/N-ethyl adjacent to an activating group) is 1. The van der Waals surface area contributed by atoms with E-state index in [1.807, 2.05) is 6.07 Å². The number of hydrogen-bond donors (Lipinski definition) is 2. The van der Waals surface area contributed by atoms with E-state index >= 15 is 0 Å². The van der Waals surface area contributed by atoms with Gasteiger partial charge in [-0.3, -0.25) is 9.59 Å². The lowest BCUT2D eigenvalue weighted by Crippen LogP contribution is -2.55. The summed E-state index contributed by atoms with van der Waals surface area (Å²) >= 11 is 0. The van der Waals surface area contributed by atoms with Crippen LogP contribution in [-0.4, -0.2) is 79.1 Å². The molecular weight excluding hydrogens is 482 g/mol. The van der Waals surface area contributed by atoms with Crippen LogP contribution >= 0.6 is 0 Å². The quantitative estimate of drug-likeness (QED) is 0.576. The van der Waals surface area contributed by atoms with Crippen LogP contribution in [0.1, 0.15) is 49.4 Å². The molecule has 2 N–H and O–H groups in total. The van der Waals surface area contributed by atoms with Crippen molar-refractivity contribution in [3.63, 3.8) is 0 Å². The van der Waals surface area contributed by atoms with Crippen molar-refractivity contribution >= 4 is 35.0 Å². The van der Waals surface area contributed by atoms with Crippen LogP contribution in [0.15, 0.2) is 24.4 Å². The molecular formula is C28H37N7O3. The van der Waals surface area contributed by atoms with E-state index in [0.717, 1.165) is 43.9 Å². The SMILES string of the molecule is CC[C@@H]1C(=O)N(C)c2cnc(Nc3ccc(C(=O)NC4C5CN(C)CC54)cc3OC)nc2N1C1CCCC1. The normalized spacial score (nSPS) is 26.8. The minimum Gasteiger partial charge on any atom is -0.495 e. The fourth-order valence-corrected chi connectivity index (χ4v) is 6.69. The van der Waals surface area contributed by atoms with Crippen molar-refractivity contribution in [2.45, 2.75) is 57.2 Å². The molecule has 3 atom stereocenters. The van der Waals surface area contributed by atoms with Gasteiger partial charge in [0.15, 0.2) is 5.82 Å². The smallest absolute Gasteiger partial charge is 0.251 e. The first-order chi connectivity index (χ1) is 18.4. The Bertz CT molecular complexity index is 1230. The Kier molecular flexibility index (Phi) is 6.37. The number of carbonyl (C=O) groups is 2. The molecule has 2 amide bonds. The van der Waals surface area contributed by atoms with Crippen molar-refractivity contribution in [3.05, 3.63) is 30.0 Å². The zero-order chi connectivity index (χ0) is 26.6. The number of piperidine rings is 1. The number of fused-ring (bicyclic) bond motifs is 2. The van der Waals surface area contributed by atoms with Crippen molar-refractivity contribution in [1.82, 2.24) is 20.2 Å². The second kappa shape index (κ2) is 9.72. The molecule has 1 saturated heterocycles. The van der Waals surface area contributed by atoms with Crippen molar-refractivity contribution in [1.29, 1.82) is 0 Å². The van der Waals surface area contributed by atoms with Crippen LogP contribution in [0.2, 0.25) is 0 Å². The lowest BCUT2D eigenvalue weighted by atomic mass is 10.0. The van der Waals surface area contributed by atoms with Crippen molar-refractivity contribution in [2.75, 3.05) is 49.4 Å². The Morgan fingerprint density at radius 1 is 1.16 bits per heavy atom. The minimum atomic E-state index is -0.225. The van der Waals surface area contributed by atoms with Gasteiger partial charge in [0.05, 0.1) is 19.0 Å². The van der Waals surface area contributed by atoms with Crippen LogP contribution in [0.5, 0.6) is 5.75 Å². The molecule has 6 rings (SSSR count). The second-order valence-corrected chi connectivity index (χ2v) is 11.2. The summed E-state index contributed by atoms with van der Waals surface area (Å²) in [5.74, 6) is 2.91. The number of anilines is 4. The molecule has 10 nitrogen and oxygen atoms in total. The van der Waals surface area contributed by atoms with Gasteiger partial charge in [-0.25, -0.2) is 4.98 Å². The number of hydrogen-bond acceptors (Lipinski definition) is 8. The summed E-state index contributed by atoms with van der Waals surface area (Å²) in [5.41, 5.74) is 1.97. The molecule has 0 bridgehead atoms. The Labute approximate surface area is 223 Å². The third kappa shape index (κ3) is 4.24. The van der Waals surface area contributed by atoms with Crippen LogP contribution in [-0.2, 0) is 4.79 Å². The molecule has 2 aromatic rings. The minimum absolute atomic E-state index is 0.0764. The highest BCUT2D eigenvalue weighted by Gasteiger charge is 2.55. The van der Waals surface area contributed by atoms with Gasteiger partial charge in [-0.15, -0.1) is 0 Å². The number of aromatic nitrogens is 2. The van der Waals surface area contributed by atoms with Gasteiger partial charge in [-0.2, -0.15) is 4.98 Å². The monoisotopic (exact) mass is 519 g/mol. The Balaban J connectivity index is 1.23. The topological polar surface area (TPSA) is 103 Å². The van der Waals surface area contributed by atoms with E-state index in [1.165, 1.54) is 12.8 Å². The zero-order valence-electron chi connectivity index (χ0n) is 22.6. The number of amides is 2. The molecule has 4 aliphatic rings. The van der Waals surface area contributed by atoms with E-state index in [2.05, 4.69) is 39.4 Å². The number of nitrogens with zero attached hydrogens (tertiary/aromatic N) is 5. The number of methoxy groups -OCH3 is 1. The predicted molar refractivity (Wildman–Crippen MR) is 146 cm³/mol. The van der Waals surface area contributed by atoms with E-state index in [4.69, 9.17) is 9.72 Å². The molecule has 2 aliphatic carbocycles. The number of benzene rings is 1. The number of rotatable bonds is 7.